The van der Waals surface area contributed by atoms with Gasteiger partial charge < -0.3 is 5.32 Å². The number of hydrogen-bond donors (Lipinski definition) is 1. The molecule has 0 heterocycles. The molecule has 0 aliphatic rings. The van der Waals surface area contributed by atoms with Gasteiger partial charge in [0.1, 0.15) is 5.02 Å². The van der Waals surface area contributed by atoms with Crippen LogP contribution in [0.25, 0.3) is 0 Å². The van der Waals surface area contributed by atoms with Crippen LogP contribution in [-0.2, 0) is 6.42 Å². The Morgan fingerprint density at radius 2 is 1.88 bits per heavy atom. The molecule has 5 nitrogen and oxygen atoms in total. The predicted octanol–water partition coefficient (Wildman–Crippen LogP) is 4.34. The number of nitro groups is 1. The van der Waals surface area contributed by atoms with Crippen LogP contribution in [0.15, 0.2) is 42.5 Å². The minimum atomic E-state index is -0.602. The van der Waals surface area contributed by atoms with Gasteiger partial charge in [0.2, 0.25) is 0 Å². The highest BCUT2D eigenvalue weighted by atomic mass is 35.5. The van der Waals surface area contributed by atoms with Crippen LogP contribution in [0.1, 0.15) is 41.3 Å². The van der Waals surface area contributed by atoms with E-state index in [1.54, 1.807) is 0 Å². The average molecular weight is 347 g/mol. The molecule has 0 atom stereocenters. The van der Waals surface area contributed by atoms with E-state index in [2.05, 4.69) is 43.4 Å². The van der Waals surface area contributed by atoms with Crippen molar-refractivity contribution in [2.24, 2.45) is 0 Å². The van der Waals surface area contributed by atoms with Crippen molar-refractivity contribution in [1.82, 2.24) is 5.32 Å². The van der Waals surface area contributed by atoms with Gasteiger partial charge in [-0.3, -0.25) is 14.9 Å². The molecule has 1 N–H and O–H groups in total. The third-order valence-electron chi connectivity index (χ3n) is 3.75. The molecule has 2 rings (SSSR count). The molecule has 2 aromatic carbocycles. The highest BCUT2D eigenvalue weighted by Gasteiger charge is 2.16. The number of nitrogens with one attached hydrogen (secondary N) is 1. The summed E-state index contributed by atoms with van der Waals surface area (Å²) in [6.07, 6.45) is 0.694. The lowest BCUT2D eigenvalue weighted by atomic mass is 10.0. The molecule has 0 unspecified atom stereocenters. The molecule has 0 spiro atoms. The molecule has 126 valence electrons. The van der Waals surface area contributed by atoms with Crippen molar-refractivity contribution in [3.05, 3.63) is 74.3 Å². The number of nitrogens with zero attached hydrogens (tertiary/aromatic N) is 1. The first kappa shape index (κ1) is 17.9. The average Bonchev–Trinajstić information content (AvgIpc) is 2.55. The van der Waals surface area contributed by atoms with Gasteiger partial charge >= 0.3 is 0 Å². The van der Waals surface area contributed by atoms with E-state index in [0.717, 1.165) is 5.56 Å². The molecular weight excluding hydrogens is 328 g/mol. The maximum absolute atomic E-state index is 12.1. The summed E-state index contributed by atoms with van der Waals surface area (Å²) in [5.74, 6) is 0.132. The summed E-state index contributed by atoms with van der Waals surface area (Å²) < 4.78 is 0. The SMILES string of the molecule is CC(C)c1ccc(CCNC(=O)c2ccc(Cl)c([N+](=O)[O-])c2)cc1. The highest BCUT2D eigenvalue weighted by molar-refractivity contribution is 6.32. The maximum atomic E-state index is 12.1. The van der Waals surface area contributed by atoms with Crippen LogP contribution in [-0.4, -0.2) is 17.4 Å². The first-order chi connectivity index (χ1) is 11.4. The van der Waals surface area contributed by atoms with Crippen LogP contribution in [0.5, 0.6) is 0 Å². The third-order valence-corrected chi connectivity index (χ3v) is 4.07. The second kappa shape index (κ2) is 7.93. The summed E-state index contributed by atoms with van der Waals surface area (Å²) in [6, 6.07) is 12.3. The van der Waals surface area contributed by atoms with Crippen molar-refractivity contribution in [2.75, 3.05) is 6.54 Å². The molecule has 0 saturated heterocycles. The van der Waals surface area contributed by atoms with Crippen molar-refractivity contribution < 1.29 is 9.72 Å². The Morgan fingerprint density at radius 3 is 2.46 bits per heavy atom. The van der Waals surface area contributed by atoms with Gasteiger partial charge in [-0.2, -0.15) is 0 Å². The molecule has 24 heavy (non-hydrogen) atoms. The Balaban J connectivity index is 1.93. The van der Waals surface area contributed by atoms with Gasteiger partial charge in [0.15, 0.2) is 0 Å². The van der Waals surface area contributed by atoms with Crippen molar-refractivity contribution in [1.29, 1.82) is 0 Å². The second-order valence-electron chi connectivity index (χ2n) is 5.83. The standard InChI is InChI=1S/C18H19ClN2O3/c1-12(2)14-5-3-13(4-6-14)9-10-20-18(22)15-7-8-16(19)17(11-15)21(23)24/h3-8,11-12H,9-10H2,1-2H3,(H,20,22). The summed E-state index contributed by atoms with van der Waals surface area (Å²) >= 11 is 5.74. The molecule has 0 aliphatic carbocycles. The molecule has 0 fully saturated rings. The van der Waals surface area contributed by atoms with Crippen LogP contribution >= 0.6 is 11.6 Å². The van der Waals surface area contributed by atoms with Crippen molar-refractivity contribution in [2.45, 2.75) is 26.2 Å². The molecule has 0 bridgehead atoms. The van der Waals surface area contributed by atoms with Gasteiger partial charge in [0, 0.05) is 18.2 Å². The third kappa shape index (κ3) is 4.55. The van der Waals surface area contributed by atoms with Crippen molar-refractivity contribution >= 4 is 23.2 Å². The molecule has 6 heteroatoms. The lowest BCUT2D eigenvalue weighted by Gasteiger charge is -2.08. The fourth-order valence-electron chi connectivity index (χ4n) is 2.29. The first-order valence-corrected chi connectivity index (χ1v) is 8.07. The Morgan fingerprint density at radius 1 is 1.21 bits per heavy atom. The number of carbonyl (C=O) groups excluding carboxylic acids is 1. The Kier molecular flexibility index (Phi) is 5.93. The van der Waals surface area contributed by atoms with Gasteiger partial charge in [-0.1, -0.05) is 49.7 Å². The zero-order valence-corrected chi connectivity index (χ0v) is 14.3. The van der Waals surface area contributed by atoms with E-state index >= 15 is 0 Å². The molecule has 0 saturated carbocycles. The van der Waals surface area contributed by atoms with E-state index in [0.29, 0.717) is 18.9 Å². The van der Waals surface area contributed by atoms with E-state index in [1.807, 2.05) is 0 Å². The maximum Gasteiger partial charge on any atom is 0.288 e. The van der Waals surface area contributed by atoms with Gasteiger partial charge in [-0.15, -0.1) is 0 Å². The summed E-state index contributed by atoms with van der Waals surface area (Å²) in [4.78, 5) is 22.3. The number of rotatable bonds is 6. The molecular formula is C18H19ClN2O3. The lowest BCUT2D eigenvalue weighted by Crippen LogP contribution is -2.25. The van der Waals surface area contributed by atoms with E-state index in [4.69, 9.17) is 11.6 Å². The van der Waals surface area contributed by atoms with Crippen LogP contribution in [0.3, 0.4) is 0 Å². The lowest BCUT2D eigenvalue weighted by molar-refractivity contribution is -0.384. The zero-order chi connectivity index (χ0) is 17.7. The molecule has 2 aromatic rings. The number of amides is 1. The van der Waals surface area contributed by atoms with Crippen LogP contribution in [0, 0.1) is 10.1 Å². The highest BCUT2D eigenvalue weighted by Crippen LogP contribution is 2.25. The molecule has 0 radical (unpaired) electrons. The number of carbonyl (C=O) groups is 1. The number of halogens is 1. The van der Waals surface area contributed by atoms with E-state index < -0.39 is 4.92 Å². The minimum absolute atomic E-state index is 0.0155. The van der Waals surface area contributed by atoms with E-state index in [9.17, 15) is 14.9 Å². The molecule has 0 aliphatic heterocycles. The summed E-state index contributed by atoms with van der Waals surface area (Å²) in [7, 11) is 0. The quantitative estimate of drug-likeness (QED) is 0.624. The minimum Gasteiger partial charge on any atom is -0.352 e. The normalized spacial score (nSPS) is 10.7. The van der Waals surface area contributed by atoms with Gasteiger partial charge in [0.25, 0.3) is 11.6 Å². The second-order valence-corrected chi connectivity index (χ2v) is 6.23. The summed E-state index contributed by atoms with van der Waals surface area (Å²) in [5.41, 5.74) is 2.35. The Labute approximate surface area is 145 Å². The van der Waals surface area contributed by atoms with Crippen LogP contribution in [0.4, 0.5) is 5.69 Å². The van der Waals surface area contributed by atoms with Gasteiger partial charge in [-0.05, 0) is 35.6 Å². The smallest absolute Gasteiger partial charge is 0.288 e. The largest absolute Gasteiger partial charge is 0.352 e. The fraction of sp³-hybridized carbons (Fsp3) is 0.278. The van der Waals surface area contributed by atoms with Gasteiger partial charge in [-0.25, -0.2) is 0 Å². The van der Waals surface area contributed by atoms with Crippen molar-refractivity contribution in [3.63, 3.8) is 0 Å². The summed E-state index contributed by atoms with van der Waals surface area (Å²) in [5, 5.41) is 13.6. The first-order valence-electron chi connectivity index (χ1n) is 7.69. The van der Waals surface area contributed by atoms with E-state index in [1.165, 1.54) is 23.8 Å². The zero-order valence-electron chi connectivity index (χ0n) is 13.6. The van der Waals surface area contributed by atoms with Gasteiger partial charge in [0.05, 0.1) is 4.92 Å². The number of benzene rings is 2. The fourth-order valence-corrected chi connectivity index (χ4v) is 2.47. The van der Waals surface area contributed by atoms with Crippen LogP contribution in [0.2, 0.25) is 5.02 Å². The molecule has 1 amide bonds. The Bertz CT molecular complexity index is 742. The van der Waals surface area contributed by atoms with Crippen molar-refractivity contribution in [3.8, 4) is 0 Å². The molecule has 0 aromatic heterocycles. The monoisotopic (exact) mass is 346 g/mol. The summed E-state index contributed by atoms with van der Waals surface area (Å²) in [6.45, 7) is 4.73. The number of hydrogen-bond acceptors (Lipinski definition) is 3. The number of nitro benzene ring substituents is 1. The topological polar surface area (TPSA) is 72.2 Å². The van der Waals surface area contributed by atoms with Crippen LogP contribution < -0.4 is 5.32 Å². The Hall–Kier alpha value is -2.40. The predicted molar refractivity (Wildman–Crippen MR) is 94.7 cm³/mol. The van der Waals surface area contributed by atoms with E-state index in [-0.39, 0.29) is 22.2 Å².